The number of anilines is 1. The summed E-state index contributed by atoms with van der Waals surface area (Å²) in [6.07, 6.45) is 0.486. The summed E-state index contributed by atoms with van der Waals surface area (Å²) in [5, 5.41) is 10.5. The molecule has 1 aromatic carbocycles. The van der Waals surface area contributed by atoms with Crippen LogP contribution in [0, 0.1) is 5.92 Å². The van der Waals surface area contributed by atoms with Gasteiger partial charge in [-0.15, -0.1) is 0 Å². The third kappa shape index (κ3) is 2.64. The molecular formula is C14H17N5O. The van der Waals surface area contributed by atoms with Crippen molar-refractivity contribution in [3.05, 3.63) is 29.8 Å². The predicted molar refractivity (Wildman–Crippen MR) is 78.8 cm³/mol. The Balaban J connectivity index is 1.74. The SMILES string of the molecule is CC1CC(=O)NN=C1c1ccc(NC2=NCCN2)cc1. The van der Waals surface area contributed by atoms with Crippen LogP contribution in [-0.4, -0.2) is 30.7 Å². The van der Waals surface area contributed by atoms with E-state index < -0.39 is 0 Å². The van der Waals surface area contributed by atoms with Crippen molar-refractivity contribution in [1.29, 1.82) is 0 Å². The first-order valence-electron chi connectivity index (χ1n) is 6.74. The van der Waals surface area contributed by atoms with Gasteiger partial charge in [0.1, 0.15) is 0 Å². The van der Waals surface area contributed by atoms with Gasteiger partial charge < -0.3 is 10.6 Å². The fourth-order valence-corrected chi connectivity index (χ4v) is 2.34. The molecule has 1 aromatic rings. The van der Waals surface area contributed by atoms with Crippen LogP contribution in [0.25, 0.3) is 0 Å². The molecule has 6 heteroatoms. The van der Waals surface area contributed by atoms with Gasteiger partial charge in [0, 0.05) is 24.6 Å². The van der Waals surface area contributed by atoms with E-state index in [1.54, 1.807) is 0 Å². The number of hydrogen-bond donors (Lipinski definition) is 3. The van der Waals surface area contributed by atoms with Crippen molar-refractivity contribution in [3.63, 3.8) is 0 Å². The number of hydrogen-bond acceptors (Lipinski definition) is 5. The largest absolute Gasteiger partial charge is 0.354 e. The summed E-state index contributed by atoms with van der Waals surface area (Å²) >= 11 is 0. The maximum Gasteiger partial charge on any atom is 0.240 e. The lowest BCUT2D eigenvalue weighted by molar-refractivity contribution is -0.121. The lowest BCUT2D eigenvalue weighted by Gasteiger charge is -2.19. The van der Waals surface area contributed by atoms with Crippen molar-refractivity contribution in [1.82, 2.24) is 10.7 Å². The van der Waals surface area contributed by atoms with Gasteiger partial charge in [-0.05, 0) is 17.7 Å². The molecule has 3 N–H and O–H groups in total. The normalized spacial score (nSPS) is 21.6. The molecule has 0 fully saturated rings. The Kier molecular flexibility index (Phi) is 3.37. The number of guanidine groups is 1. The number of benzene rings is 1. The molecule has 1 amide bonds. The average molecular weight is 271 g/mol. The zero-order valence-corrected chi connectivity index (χ0v) is 11.3. The van der Waals surface area contributed by atoms with Crippen LogP contribution in [0.2, 0.25) is 0 Å². The second-order valence-corrected chi connectivity index (χ2v) is 5.00. The molecule has 20 heavy (non-hydrogen) atoms. The molecule has 0 saturated carbocycles. The van der Waals surface area contributed by atoms with Crippen molar-refractivity contribution >= 4 is 23.3 Å². The molecule has 104 valence electrons. The Morgan fingerprint density at radius 3 is 2.75 bits per heavy atom. The van der Waals surface area contributed by atoms with E-state index >= 15 is 0 Å². The molecule has 0 saturated heterocycles. The standard InChI is InChI=1S/C14H17N5O/c1-9-8-12(20)18-19-13(9)10-2-4-11(5-3-10)17-14-15-6-7-16-14/h2-5,9H,6-8H2,1H3,(H,18,20)(H2,15,16,17). The monoisotopic (exact) mass is 271 g/mol. The van der Waals surface area contributed by atoms with Crippen molar-refractivity contribution in [2.75, 3.05) is 18.4 Å². The third-order valence-electron chi connectivity index (χ3n) is 3.38. The number of rotatable bonds is 2. The van der Waals surface area contributed by atoms with E-state index in [1.165, 1.54) is 0 Å². The van der Waals surface area contributed by atoms with E-state index in [0.29, 0.717) is 6.42 Å². The molecule has 0 radical (unpaired) electrons. The van der Waals surface area contributed by atoms with E-state index in [9.17, 15) is 4.79 Å². The second kappa shape index (κ2) is 5.32. The van der Waals surface area contributed by atoms with Crippen LogP contribution in [0.1, 0.15) is 18.9 Å². The van der Waals surface area contributed by atoms with Crippen LogP contribution in [0.5, 0.6) is 0 Å². The fraction of sp³-hybridized carbons (Fsp3) is 0.357. The molecule has 2 aliphatic heterocycles. The first-order valence-corrected chi connectivity index (χ1v) is 6.74. The van der Waals surface area contributed by atoms with E-state index in [4.69, 9.17) is 0 Å². The van der Waals surface area contributed by atoms with Crippen molar-refractivity contribution in [2.24, 2.45) is 16.0 Å². The van der Waals surface area contributed by atoms with Gasteiger partial charge in [-0.3, -0.25) is 9.79 Å². The molecular weight excluding hydrogens is 254 g/mol. The highest BCUT2D eigenvalue weighted by Crippen LogP contribution is 2.18. The molecule has 0 spiro atoms. The van der Waals surface area contributed by atoms with E-state index in [2.05, 4.69) is 26.2 Å². The highest BCUT2D eigenvalue weighted by molar-refractivity contribution is 6.06. The van der Waals surface area contributed by atoms with Crippen molar-refractivity contribution in [3.8, 4) is 0 Å². The lowest BCUT2D eigenvalue weighted by Crippen LogP contribution is -2.32. The zero-order chi connectivity index (χ0) is 13.9. The van der Waals surface area contributed by atoms with Gasteiger partial charge in [0.05, 0.1) is 12.3 Å². The zero-order valence-electron chi connectivity index (χ0n) is 11.3. The summed E-state index contributed by atoms with van der Waals surface area (Å²) in [7, 11) is 0. The Morgan fingerprint density at radius 1 is 1.30 bits per heavy atom. The molecule has 2 heterocycles. The molecule has 1 atom stereocenters. The Morgan fingerprint density at radius 2 is 2.10 bits per heavy atom. The maximum absolute atomic E-state index is 11.2. The summed E-state index contributed by atoms with van der Waals surface area (Å²) in [5.41, 5.74) is 5.48. The number of amides is 1. The molecule has 0 aliphatic carbocycles. The quantitative estimate of drug-likeness (QED) is 0.748. The smallest absolute Gasteiger partial charge is 0.240 e. The van der Waals surface area contributed by atoms with Crippen LogP contribution in [0.3, 0.4) is 0 Å². The fourth-order valence-electron chi connectivity index (χ4n) is 2.34. The predicted octanol–water partition coefficient (Wildman–Crippen LogP) is 0.918. The average Bonchev–Trinajstić information content (AvgIpc) is 2.93. The minimum atomic E-state index is -0.0233. The van der Waals surface area contributed by atoms with Gasteiger partial charge >= 0.3 is 0 Å². The van der Waals surface area contributed by atoms with Crippen LogP contribution < -0.4 is 16.1 Å². The van der Waals surface area contributed by atoms with Gasteiger partial charge in [-0.2, -0.15) is 5.10 Å². The van der Waals surface area contributed by atoms with Crippen LogP contribution in [-0.2, 0) is 4.79 Å². The summed E-state index contributed by atoms with van der Waals surface area (Å²) < 4.78 is 0. The second-order valence-electron chi connectivity index (χ2n) is 5.00. The van der Waals surface area contributed by atoms with Gasteiger partial charge in [-0.25, -0.2) is 5.43 Å². The van der Waals surface area contributed by atoms with Gasteiger partial charge in [0.25, 0.3) is 0 Å². The molecule has 6 nitrogen and oxygen atoms in total. The number of nitrogens with zero attached hydrogens (tertiary/aromatic N) is 2. The highest BCUT2D eigenvalue weighted by atomic mass is 16.2. The molecule has 0 bridgehead atoms. The van der Waals surface area contributed by atoms with Crippen LogP contribution in [0.15, 0.2) is 34.4 Å². The van der Waals surface area contributed by atoms with E-state index in [-0.39, 0.29) is 11.8 Å². The Labute approximate surface area is 117 Å². The summed E-state index contributed by atoms with van der Waals surface area (Å²) in [4.78, 5) is 15.5. The number of carbonyl (C=O) groups excluding carboxylic acids is 1. The Hall–Kier alpha value is -2.37. The van der Waals surface area contributed by atoms with Gasteiger partial charge in [-0.1, -0.05) is 19.1 Å². The Bertz CT molecular complexity index is 576. The van der Waals surface area contributed by atoms with Gasteiger partial charge in [0.15, 0.2) is 5.96 Å². The summed E-state index contributed by atoms with van der Waals surface area (Å²) in [6.45, 7) is 3.71. The highest BCUT2D eigenvalue weighted by Gasteiger charge is 2.21. The number of carbonyl (C=O) groups is 1. The lowest BCUT2D eigenvalue weighted by atomic mass is 9.94. The van der Waals surface area contributed by atoms with Crippen molar-refractivity contribution < 1.29 is 4.79 Å². The van der Waals surface area contributed by atoms with E-state index in [1.807, 2.05) is 31.2 Å². The molecule has 2 aliphatic rings. The van der Waals surface area contributed by atoms with Gasteiger partial charge in [0.2, 0.25) is 5.91 Å². The number of nitrogens with one attached hydrogen (secondary N) is 3. The van der Waals surface area contributed by atoms with E-state index in [0.717, 1.165) is 36.0 Å². The van der Waals surface area contributed by atoms with Crippen LogP contribution >= 0.6 is 0 Å². The number of aliphatic imine (C=N–C) groups is 1. The summed E-state index contributed by atoms with van der Waals surface area (Å²) in [6, 6.07) is 7.99. The minimum Gasteiger partial charge on any atom is -0.354 e. The first kappa shape index (κ1) is 12.7. The van der Waals surface area contributed by atoms with Crippen LogP contribution in [0.4, 0.5) is 5.69 Å². The van der Waals surface area contributed by atoms with Crippen molar-refractivity contribution in [2.45, 2.75) is 13.3 Å². The first-order chi connectivity index (χ1) is 9.72. The third-order valence-corrected chi connectivity index (χ3v) is 3.38. The molecule has 3 rings (SSSR count). The molecule has 1 unspecified atom stereocenters. The number of hydrazone groups is 1. The maximum atomic E-state index is 11.2. The topological polar surface area (TPSA) is 77.9 Å². The minimum absolute atomic E-state index is 0.0233. The molecule has 0 aromatic heterocycles. The summed E-state index contributed by atoms with van der Waals surface area (Å²) in [5.74, 6) is 0.932.